The molecule has 0 saturated carbocycles. The van der Waals surface area contributed by atoms with Gasteiger partial charge in [0.15, 0.2) is 0 Å². The molecular weight excluding hydrogens is 226 g/mol. The van der Waals surface area contributed by atoms with E-state index in [-0.39, 0.29) is 0 Å². The lowest BCUT2D eigenvalue weighted by molar-refractivity contribution is 0.184. The molecule has 0 spiro atoms. The number of fused-ring (bicyclic) bond motifs is 1. The lowest BCUT2D eigenvalue weighted by Gasteiger charge is -2.13. The number of rotatable bonds is 6. The number of imidazole rings is 1. The molecule has 18 heavy (non-hydrogen) atoms. The predicted octanol–water partition coefficient (Wildman–Crippen LogP) is 2.16. The van der Waals surface area contributed by atoms with Crippen LogP contribution in [0.3, 0.4) is 0 Å². The Bertz CT molecular complexity index is 507. The molecule has 1 atom stereocenters. The van der Waals surface area contributed by atoms with Crippen molar-refractivity contribution in [1.82, 2.24) is 14.7 Å². The molecule has 2 heterocycles. The van der Waals surface area contributed by atoms with Crippen LogP contribution < -0.4 is 5.32 Å². The highest BCUT2D eigenvalue weighted by Crippen LogP contribution is 2.11. The minimum absolute atomic E-state index is 0.443. The van der Waals surface area contributed by atoms with E-state index in [1.54, 1.807) is 7.11 Å². The average Bonchev–Trinajstić information content (AvgIpc) is 2.69. The first kappa shape index (κ1) is 13.1. The Morgan fingerprint density at radius 1 is 1.44 bits per heavy atom. The number of nitrogens with one attached hydrogen (secondary N) is 1. The van der Waals surface area contributed by atoms with E-state index in [1.165, 1.54) is 5.69 Å². The topological polar surface area (TPSA) is 38.6 Å². The zero-order valence-electron chi connectivity index (χ0n) is 11.3. The Morgan fingerprint density at radius 3 is 3.06 bits per heavy atom. The van der Waals surface area contributed by atoms with Crippen molar-refractivity contribution >= 4 is 5.65 Å². The standard InChI is InChI=1S/C14H21N3O/c1-11(7-9-18-3)15-10-13-12(2)16-14-6-4-5-8-17(13)14/h4-6,8,11,15H,7,9-10H2,1-3H3. The van der Waals surface area contributed by atoms with E-state index in [0.717, 1.165) is 30.9 Å². The van der Waals surface area contributed by atoms with Crippen LogP contribution in [-0.4, -0.2) is 29.1 Å². The molecule has 98 valence electrons. The van der Waals surface area contributed by atoms with Gasteiger partial charge in [-0.05, 0) is 32.4 Å². The van der Waals surface area contributed by atoms with E-state index in [2.05, 4.69) is 34.7 Å². The Kier molecular flexibility index (Phi) is 4.33. The minimum atomic E-state index is 0.443. The summed E-state index contributed by atoms with van der Waals surface area (Å²) in [4.78, 5) is 4.55. The third-order valence-electron chi connectivity index (χ3n) is 3.20. The first-order valence-corrected chi connectivity index (χ1v) is 6.37. The molecule has 0 aliphatic heterocycles. The van der Waals surface area contributed by atoms with E-state index >= 15 is 0 Å². The fourth-order valence-corrected chi connectivity index (χ4v) is 2.04. The molecule has 2 rings (SSSR count). The molecule has 0 bridgehead atoms. The molecule has 1 N–H and O–H groups in total. The number of nitrogens with zero attached hydrogens (tertiary/aromatic N) is 2. The summed E-state index contributed by atoms with van der Waals surface area (Å²) in [5, 5.41) is 3.51. The van der Waals surface area contributed by atoms with E-state index in [4.69, 9.17) is 4.74 Å². The van der Waals surface area contributed by atoms with Crippen molar-refractivity contribution in [3.63, 3.8) is 0 Å². The molecule has 0 aromatic carbocycles. The van der Waals surface area contributed by atoms with Gasteiger partial charge in [-0.3, -0.25) is 0 Å². The highest BCUT2D eigenvalue weighted by molar-refractivity contribution is 5.42. The number of ether oxygens (including phenoxy) is 1. The fourth-order valence-electron chi connectivity index (χ4n) is 2.04. The number of aromatic nitrogens is 2. The van der Waals surface area contributed by atoms with E-state index in [0.29, 0.717) is 6.04 Å². The van der Waals surface area contributed by atoms with Crippen LogP contribution in [0.5, 0.6) is 0 Å². The van der Waals surface area contributed by atoms with Crippen LogP contribution in [0.25, 0.3) is 5.65 Å². The summed E-state index contributed by atoms with van der Waals surface area (Å²) in [5.41, 5.74) is 3.33. The molecule has 2 aromatic rings. The molecule has 0 aliphatic carbocycles. The first-order chi connectivity index (χ1) is 8.72. The van der Waals surface area contributed by atoms with Crippen molar-refractivity contribution < 1.29 is 4.74 Å². The summed E-state index contributed by atoms with van der Waals surface area (Å²) in [6.45, 7) is 5.86. The highest BCUT2D eigenvalue weighted by atomic mass is 16.5. The van der Waals surface area contributed by atoms with Gasteiger partial charge in [0.2, 0.25) is 0 Å². The number of pyridine rings is 1. The molecule has 0 saturated heterocycles. The maximum absolute atomic E-state index is 5.09. The SMILES string of the molecule is COCCC(C)NCc1c(C)nc2ccccn12. The smallest absolute Gasteiger partial charge is 0.137 e. The minimum Gasteiger partial charge on any atom is -0.385 e. The summed E-state index contributed by atoms with van der Waals surface area (Å²) in [7, 11) is 1.74. The molecule has 0 aliphatic rings. The number of hydrogen-bond acceptors (Lipinski definition) is 3. The number of methoxy groups -OCH3 is 1. The monoisotopic (exact) mass is 247 g/mol. The Labute approximate surface area is 108 Å². The van der Waals surface area contributed by atoms with Crippen molar-refractivity contribution in [1.29, 1.82) is 0 Å². The maximum Gasteiger partial charge on any atom is 0.137 e. The van der Waals surface area contributed by atoms with Gasteiger partial charge in [0.05, 0.1) is 11.4 Å². The van der Waals surface area contributed by atoms with Crippen molar-refractivity contribution in [3.8, 4) is 0 Å². The van der Waals surface area contributed by atoms with Crippen LogP contribution in [0.15, 0.2) is 24.4 Å². The summed E-state index contributed by atoms with van der Waals surface area (Å²) in [6, 6.07) is 6.52. The van der Waals surface area contributed by atoms with Gasteiger partial charge in [0.1, 0.15) is 5.65 Å². The van der Waals surface area contributed by atoms with Crippen molar-refractivity contribution in [2.75, 3.05) is 13.7 Å². The third-order valence-corrected chi connectivity index (χ3v) is 3.20. The van der Waals surface area contributed by atoms with Crippen LogP contribution in [-0.2, 0) is 11.3 Å². The predicted molar refractivity (Wildman–Crippen MR) is 72.7 cm³/mol. The second kappa shape index (κ2) is 5.98. The lowest BCUT2D eigenvalue weighted by Crippen LogP contribution is -2.27. The van der Waals surface area contributed by atoms with E-state index < -0.39 is 0 Å². The molecule has 4 nitrogen and oxygen atoms in total. The average molecular weight is 247 g/mol. The van der Waals surface area contributed by atoms with Crippen LogP contribution >= 0.6 is 0 Å². The van der Waals surface area contributed by atoms with Crippen LogP contribution in [0.2, 0.25) is 0 Å². The van der Waals surface area contributed by atoms with Gasteiger partial charge in [-0.15, -0.1) is 0 Å². The number of aryl methyl sites for hydroxylation is 1. The summed E-state index contributed by atoms with van der Waals surface area (Å²) in [6.07, 6.45) is 3.08. The maximum atomic E-state index is 5.09. The first-order valence-electron chi connectivity index (χ1n) is 6.37. The van der Waals surface area contributed by atoms with Crippen LogP contribution in [0.4, 0.5) is 0 Å². The molecule has 4 heteroatoms. The third kappa shape index (κ3) is 2.89. The highest BCUT2D eigenvalue weighted by Gasteiger charge is 2.09. The number of hydrogen-bond donors (Lipinski definition) is 1. The molecule has 1 unspecified atom stereocenters. The molecule has 0 fully saturated rings. The normalized spacial score (nSPS) is 13.1. The van der Waals surface area contributed by atoms with Gasteiger partial charge < -0.3 is 14.5 Å². The van der Waals surface area contributed by atoms with E-state index in [1.807, 2.05) is 18.2 Å². The zero-order chi connectivity index (χ0) is 13.0. The molecular formula is C14H21N3O. The Morgan fingerprint density at radius 2 is 2.28 bits per heavy atom. The van der Waals surface area contributed by atoms with Crippen molar-refractivity contribution in [2.45, 2.75) is 32.9 Å². The lowest BCUT2D eigenvalue weighted by atomic mass is 10.2. The van der Waals surface area contributed by atoms with Gasteiger partial charge in [-0.2, -0.15) is 0 Å². The van der Waals surface area contributed by atoms with Gasteiger partial charge in [-0.25, -0.2) is 4.98 Å². The zero-order valence-corrected chi connectivity index (χ0v) is 11.3. The van der Waals surface area contributed by atoms with Crippen LogP contribution in [0.1, 0.15) is 24.7 Å². The van der Waals surface area contributed by atoms with Gasteiger partial charge in [0, 0.05) is 32.5 Å². The Balaban J connectivity index is 2.05. The summed E-state index contributed by atoms with van der Waals surface area (Å²) < 4.78 is 7.23. The van der Waals surface area contributed by atoms with Crippen molar-refractivity contribution in [3.05, 3.63) is 35.8 Å². The second-order valence-electron chi connectivity index (χ2n) is 4.64. The second-order valence-corrected chi connectivity index (χ2v) is 4.64. The van der Waals surface area contributed by atoms with Gasteiger partial charge in [-0.1, -0.05) is 6.07 Å². The summed E-state index contributed by atoms with van der Waals surface area (Å²) in [5.74, 6) is 0. The van der Waals surface area contributed by atoms with E-state index in [9.17, 15) is 0 Å². The Hall–Kier alpha value is -1.39. The van der Waals surface area contributed by atoms with Crippen LogP contribution in [0, 0.1) is 6.92 Å². The van der Waals surface area contributed by atoms with Gasteiger partial charge in [0.25, 0.3) is 0 Å². The molecule has 0 amide bonds. The molecule has 2 aromatic heterocycles. The van der Waals surface area contributed by atoms with Gasteiger partial charge >= 0.3 is 0 Å². The van der Waals surface area contributed by atoms with Crippen molar-refractivity contribution in [2.24, 2.45) is 0 Å². The fraction of sp³-hybridized carbons (Fsp3) is 0.500. The summed E-state index contributed by atoms with van der Waals surface area (Å²) >= 11 is 0. The quantitative estimate of drug-likeness (QED) is 0.850. The molecule has 0 radical (unpaired) electrons. The largest absolute Gasteiger partial charge is 0.385 e.